The van der Waals surface area contributed by atoms with Crippen LogP contribution < -0.4 is 9.64 Å². The summed E-state index contributed by atoms with van der Waals surface area (Å²) in [6.45, 7) is 2.81. The molecule has 2 fully saturated rings. The Morgan fingerprint density at radius 1 is 0.833 bits per heavy atom. The molecule has 0 saturated carbocycles. The summed E-state index contributed by atoms with van der Waals surface area (Å²) in [6, 6.07) is 33.9. The highest BCUT2D eigenvalue weighted by Crippen LogP contribution is 2.66. The number of anilines is 1. The van der Waals surface area contributed by atoms with Gasteiger partial charge in [-0.15, -0.1) is 0 Å². The van der Waals surface area contributed by atoms with Crippen molar-refractivity contribution in [3.8, 4) is 5.75 Å². The first kappa shape index (κ1) is 39.7. The number of aliphatic hydroxyl groups excluding tert-OH is 1. The Morgan fingerprint density at radius 3 is 2.18 bits per heavy atom. The van der Waals surface area contributed by atoms with Gasteiger partial charge in [-0.25, -0.2) is 9.69 Å². The molecular formula is C46H39N3O11. The molecule has 2 amide bonds. The molecule has 5 aromatic rings. The summed E-state index contributed by atoms with van der Waals surface area (Å²) < 4.78 is 23.8. The van der Waals surface area contributed by atoms with Crippen LogP contribution in [-0.4, -0.2) is 64.7 Å². The molecule has 1 N–H and O–H groups in total. The van der Waals surface area contributed by atoms with Crippen LogP contribution in [0.25, 0.3) is 0 Å². The first-order chi connectivity index (χ1) is 29.2. The monoisotopic (exact) mass is 809 g/mol. The second-order valence-corrected chi connectivity index (χ2v) is 14.5. The zero-order valence-corrected chi connectivity index (χ0v) is 32.1. The standard InChI is InChI=1S/C46H39N3O11/c1-2-25-58-42(51)37-39-43(52)60-40(31-14-7-4-8-15-31)38(30-12-5-3-6-13-30)48(39)41(32-16-11-17-34(27-32)57-26-24-50)46(37)35-18-9-10-19-36(35)47(44(46)53)45(54)59-28-29-20-22-33(23-21-29)49(55)56/h2-23,27,37-41,50H,1,24-26,28H2/t37-,38-,39-,40+,41+,46-/m1/s1. The molecule has 304 valence electrons. The van der Waals surface area contributed by atoms with Crippen molar-refractivity contribution < 1.29 is 48.2 Å². The Kier molecular flexibility index (Phi) is 11.0. The molecular weight excluding hydrogens is 771 g/mol. The molecule has 60 heavy (non-hydrogen) atoms. The number of nitrogens with zero attached hydrogens (tertiary/aromatic N) is 3. The van der Waals surface area contributed by atoms with Crippen LogP contribution in [0.15, 0.2) is 146 Å². The van der Waals surface area contributed by atoms with Gasteiger partial charge in [-0.2, -0.15) is 0 Å². The second-order valence-electron chi connectivity index (χ2n) is 14.5. The predicted molar refractivity (Wildman–Crippen MR) is 215 cm³/mol. The summed E-state index contributed by atoms with van der Waals surface area (Å²) in [5.74, 6) is -3.78. The van der Waals surface area contributed by atoms with Gasteiger partial charge in [0.05, 0.1) is 29.3 Å². The molecule has 0 bridgehead atoms. The van der Waals surface area contributed by atoms with Crippen LogP contribution in [0.2, 0.25) is 0 Å². The van der Waals surface area contributed by atoms with Crippen LogP contribution >= 0.6 is 0 Å². The molecule has 6 atom stereocenters. The molecule has 0 radical (unpaired) electrons. The summed E-state index contributed by atoms with van der Waals surface area (Å²) in [5.41, 5.74) is 0.458. The third-order valence-corrected chi connectivity index (χ3v) is 11.2. The van der Waals surface area contributed by atoms with Crippen molar-refractivity contribution in [2.24, 2.45) is 5.92 Å². The predicted octanol–water partition coefficient (Wildman–Crippen LogP) is 6.70. The second kappa shape index (κ2) is 16.6. The third-order valence-electron chi connectivity index (χ3n) is 11.2. The van der Waals surface area contributed by atoms with Gasteiger partial charge in [0, 0.05) is 12.1 Å². The number of hydrogen-bond donors (Lipinski definition) is 1. The van der Waals surface area contributed by atoms with Crippen molar-refractivity contribution in [3.05, 3.63) is 184 Å². The number of aliphatic hydroxyl groups is 1. The van der Waals surface area contributed by atoms with Gasteiger partial charge >= 0.3 is 18.0 Å². The molecule has 3 aliphatic heterocycles. The van der Waals surface area contributed by atoms with Crippen molar-refractivity contribution in [1.29, 1.82) is 0 Å². The van der Waals surface area contributed by atoms with E-state index >= 15 is 4.79 Å². The fourth-order valence-electron chi connectivity index (χ4n) is 8.90. The number of ether oxygens (including phenoxy) is 4. The number of amides is 2. The summed E-state index contributed by atoms with van der Waals surface area (Å²) in [4.78, 5) is 73.5. The SMILES string of the molecule is C=CCOC(=O)[C@H]1[C@@H]2C(=O)O[C@@H](c3ccccc3)[C@@H](c3ccccc3)N2[C@@H](c2cccc(OCCO)c2)[C@]12C(=O)N(C(=O)OCc1ccc([N+](=O)[O-])cc1)c1ccccc12. The molecule has 8 rings (SSSR count). The lowest BCUT2D eigenvalue weighted by Crippen LogP contribution is -2.53. The summed E-state index contributed by atoms with van der Waals surface area (Å²) >= 11 is 0. The van der Waals surface area contributed by atoms with Gasteiger partial charge in [0.1, 0.15) is 49.0 Å². The minimum atomic E-state index is -2.04. The van der Waals surface area contributed by atoms with E-state index < -0.39 is 64.4 Å². The Balaban J connectivity index is 1.36. The van der Waals surface area contributed by atoms with Crippen LogP contribution in [0.5, 0.6) is 5.75 Å². The van der Waals surface area contributed by atoms with E-state index in [1.807, 2.05) is 65.6 Å². The molecule has 5 aromatic carbocycles. The summed E-state index contributed by atoms with van der Waals surface area (Å²) in [5, 5.41) is 20.9. The fraction of sp³-hybridized carbons (Fsp3) is 0.217. The van der Waals surface area contributed by atoms with Gasteiger partial charge in [-0.1, -0.05) is 104 Å². The van der Waals surface area contributed by atoms with Gasteiger partial charge in [0.15, 0.2) is 0 Å². The highest BCUT2D eigenvalue weighted by atomic mass is 16.6. The number of fused-ring (bicyclic) bond motifs is 3. The number of nitro groups is 1. The number of hydrogen-bond acceptors (Lipinski definition) is 12. The number of morpholine rings is 1. The van der Waals surface area contributed by atoms with E-state index in [0.29, 0.717) is 22.4 Å². The molecule has 3 heterocycles. The van der Waals surface area contributed by atoms with E-state index in [9.17, 15) is 29.6 Å². The van der Waals surface area contributed by atoms with Crippen LogP contribution in [0.1, 0.15) is 46.0 Å². The van der Waals surface area contributed by atoms with Crippen LogP contribution in [-0.2, 0) is 40.6 Å². The number of benzene rings is 5. The maximum absolute atomic E-state index is 15.9. The van der Waals surface area contributed by atoms with E-state index in [-0.39, 0.29) is 43.4 Å². The molecule has 0 aliphatic carbocycles. The van der Waals surface area contributed by atoms with Crippen molar-refractivity contribution in [2.45, 2.75) is 36.3 Å². The Hall–Kier alpha value is -7.16. The highest BCUT2D eigenvalue weighted by molar-refractivity contribution is 6.23. The van der Waals surface area contributed by atoms with E-state index in [1.54, 1.807) is 48.5 Å². The number of para-hydroxylation sites is 1. The average molecular weight is 810 g/mol. The number of rotatable bonds is 12. The van der Waals surface area contributed by atoms with Crippen molar-refractivity contribution in [1.82, 2.24) is 4.90 Å². The summed E-state index contributed by atoms with van der Waals surface area (Å²) in [7, 11) is 0. The van der Waals surface area contributed by atoms with Gasteiger partial charge in [-0.3, -0.25) is 29.4 Å². The number of imide groups is 1. The maximum Gasteiger partial charge on any atom is 0.421 e. The number of non-ortho nitro benzene ring substituents is 1. The van der Waals surface area contributed by atoms with Crippen LogP contribution in [0.3, 0.4) is 0 Å². The van der Waals surface area contributed by atoms with Crippen molar-refractivity contribution >= 4 is 35.3 Å². The summed E-state index contributed by atoms with van der Waals surface area (Å²) in [6.07, 6.45) is -0.627. The quantitative estimate of drug-likeness (QED) is 0.0465. The molecule has 0 unspecified atom stereocenters. The smallest absolute Gasteiger partial charge is 0.421 e. The Morgan fingerprint density at radius 2 is 1.50 bits per heavy atom. The Bertz CT molecular complexity index is 2450. The van der Waals surface area contributed by atoms with E-state index in [2.05, 4.69) is 6.58 Å². The fourth-order valence-corrected chi connectivity index (χ4v) is 8.90. The maximum atomic E-state index is 15.9. The molecule has 1 spiro atoms. The van der Waals surface area contributed by atoms with Crippen molar-refractivity contribution in [2.75, 3.05) is 24.7 Å². The molecule has 0 aromatic heterocycles. The van der Waals surface area contributed by atoms with Crippen molar-refractivity contribution in [3.63, 3.8) is 0 Å². The molecule has 2 saturated heterocycles. The lowest BCUT2D eigenvalue weighted by atomic mass is 9.65. The number of carbonyl (C=O) groups excluding carboxylic acids is 4. The topological polar surface area (TPSA) is 175 Å². The van der Waals surface area contributed by atoms with Crippen LogP contribution in [0.4, 0.5) is 16.2 Å². The van der Waals surface area contributed by atoms with Crippen LogP contribution in [0, 0.1) is 16.0 Å². The van der Waals surface area contributed by atoms with E-state index in [4.69, 9.17) is 18.9 Å². The first-order valence-electron chi connectivity index (χ1n) is 19.2. The van der Waals surface area contributed by atoms with E-state index in [1.165, 1.54) is 30.3 Å². The molecule has 14 nitrogen and oxygen atoms in total. The van der Waals surface area contributed by atoms with Gasteiger partial charge < -0.3 is 24.1 Å². The Labute approximate surface area is 344 Å². The number of carbonyl (C=O) groups is 4. The van der Waals surface area contributed by atoms with Gasteiger partial charge in [0.25, 0.3) is 5.69 Å². The average Bonchev–Trinajstić information content (AvgIpc) is 3.74. The number of cyclic esters (lactones) is 1. The van der Waals surface area contributed by atoms with Gasteiger partial charge in [-0.05, 0) is 58.1 Å². The molecule has 3 aliphatic rings. The first-order valence-corrected chi connectivity index (χ1v) is 19.2. The largest absolute Gasteiger partial charge is 0.491 e. The molecule has 14 heteroatoms. The zero-order valence-electron chi connectivity index (χ0n) is 32.1. The highest BCUT2D eigenvalue weighted by Gasteiger charge is 2.76. The van der Waals surface area contributed by atoms with E-state index in [0.717, 1.165) is 10.5 Å². The number of esters is 2. The normalized spacial score (nSPS) is 23.0. The van der Waals surface area contributed by atoms with Gasteiger partial charge in [0.2, 0.25) is 5.91 Å². The minimum Gasteiger partial charge on any atom is -0.491 e. The zero-order chi connectivity index (χ0) is 42.0. The lowest BCUT2D eigenvalue weighted by molar-refractivity contribution is -0.384. The lowest BCUT2D eigenvalue weighted by Gasteiger charge is -2.46. The third kappa shape index (κ3) is 6.74. The minimum absolute atomic E-state index is 0.0344. The number of nitro benzene ring substituents is 1.